The van der Waals surface area contributed by atoms with Gasteiger partial charge in [0.25, 0.3) is 5.91 Å². The number of methoxy groups -OCH3 is 1. The van der Waals surface area contributed by atoms with Crippen LogP contribution in [0.25, 0.3) is 11.0 Å². The van der Waals surface area contributed by atoms with E-state index in [0.29, 0.717) is 36.8 Å². The van der Waals surface area contributed by atoms with Gasteiger partial charge >= 0.3 is 0 Å². The Kier molecular flexibility index (Phi) is 8.53. The fraction of sp³-hybridized carbons (Fsp3) is 0.487. The average Bonchev–Trinajstić information content (AvgIpc) is 3.81. The third kappa shape index (κ3) is 6.17. The SMILES string of the molecule is COc1ccc(C(=O)N2CCC(CCN3[C@@H]4CC[C@H]3C[C@@H](n3c(C)nc5ccccc53)C4)(c3ccccc3)CC2)cc1S(=O)(=O)NC1CC1. The number of benzene rings is 3. The molecular formula is C39H47N5O4S. The van der Waals surface area contributed by atoms with Crippen LogP contribution >= 0.6 is 0 Å². The van der Waals surface area contributed by atoms with Gasteiger partial charge in [-0.2, -0.15) is 0 Å². The Labute approximate surface area is 289 Å². The fourth-order valence-electron chi connectivity index (χ4n) is 9.09. The van der Waals surface area contributed by atoms with Gasteiger partial charge in [0.2, 0.25) is 10.0 Å². The summed E-state index contributed by atoms with van der Waals surface area (Å²) in [6, 6.07) is 25.8. The maximum atomic E-state index is 13.8. The molecule has 0 unspecified atom stereocenters. The molecule has 3 atom stereocenters. The number of sulfonamides is 1. The Morgan fingerprint density at radius 2 is 1.61 bits per heavy atom. The summed E-state index contributed by atoms with van der Waals surface area (Å²) >= 11 is 0. The second-order valence-corrected chi connectivity index (χ2v) is 16.4. The van der Waals surface area contributed by atoms with Crippen molar-refractivity contribution in [1.82, 2.24) is 24.1 Å². The van der Waals surface area contributed by atoms with Crippen molar-refractivity contribution in [1.29, 1.82) is 0 Å². The van der Waals surface area contributed by atoms with E-state index in [2.05, 4.69) is 75.7 Å². The van der Waals surface area contributed by atoms with Crippen molar-refractivity contribution in [2.45, 2.75) is 99.2 Å². The molecule has 3 aliphatic heterocycles. The van der Waals surface area contributed by atoms with E-state index in [4.69, 9.17) is 9.72 Å². The maximum Gasteiger partial charge on any atom is 0.253 e. The first kappa shape index (κ1) is 32.5. The number of likely N-dealkylation sites (tertiary alicyclic amines) is 1. The van der Waals surface area contributed by atoms with Crippen LogP contribution in [-0.2, 0) is 15.4 Å². The van der Waals surface area contributed by atoms with Gasteiger partial charge in [-0.3, -0.25) is 9.69 Å². The molecule has 4 aromatic rings. The van der Waals surface area contributed by atoms with Crippen molar-refractivity contribution in [3.63, 3.8) is 0 Å². The molecule has 10 heteroatoms. The molecule has 1 aliphatic carbocycles. The molecule has 4 aliphatic rings. The molecule has 0 spiro atoms. The summed E-state index contributed by atoms with van der Waals surface area (Å²) in [6.45, 7) is 4.47. The van der Waals surface area contributed by atoms with Gasteiger partial charge in [0, 0.05) is 42.8 Å². The number of carbonyl (C=O) groups is 1. The molecule has 49 heavy (non-hydrogen) atoms. The van der Waals surface area contributed by atoms with Gasteiger partial charge in [-0.1, -0.05) is 42.5 Å². The Bertz CT molecular complexity index is 1930. The lowest BCUT2D eigenvalue weighted by Crippen LogP contribution is -2.49. The topological polar surface area (TPSA) is 96.8 Å². The Hall–Kier alpha value is -3.73. The zero-order chi connectivity index (χ0) is 33.8. The molecule has 4 heterocycles. The van der Waals surface area contributed by atoms with Crippen molar-refractivity contribution in [2.75, 3.05) is 26.7 Å². The summed E-state index contributed by atoms with van der Waals surface area (Å²) in [5, 5.41) is 0. The zero-order valence-corrected chi connectivity index (χ0v) is 29.4. The smallest absolute Gasteiger partial charge is 0.253 e. The van der Waals surface area contributed by atoms with Gasteiger partial charge < -0.3 is 14.2 Å². The predicted molar refractivity (Wildman–Crippen MR) is 190 cm³/mol. The maximum absolute atomic E-state index is 13.8. The van der Waals surface area contributed by atoms with Crippen molar-refractivity contribution in [3.8, 4) is 5.75 Å². The van der Waals surface area contributed by atoms with Crippen LogP contribution in [0.2, 0.25) is 0 Å². The second-order valence-electron chi connectivity index (χ2n) is 14.7. The summed E-state index contributed by atoms with van der Waals surface area (Å²) < 4.78 is 36.9. The minimum atomic E-state index is -3.79. The Balaban J connectivity index is 0.971. The quantitative estimate of drug-likeness (QED) is 0.213. The number of imidazole rings is 1. The highest BCUT2D eigenvalue weighted by atomic mass is 32.2. The van der Waals surface area contributed by atoms with Crippen LogP contribution in [0.1, 0.15) is 85.6 Å². The summed E-state index contributed by atoms with van der Waals surface area (Å²) in [5.41, 5.74) is 4.06. The molecule has 2 bridgehead atoms. The van der Waals surface area contributed by atoms with E-state index in [-0.39, 0.29) is 28.0 Å². The van der Waals surface area contributed by atoms with E-state index in [1.807, 2.05) is 4.90 Å². The van der Waals surface area contributed by atoms with Gasteiger partial charge in [0.15, 0.2) is 0 Å². The lowest BCUT2D eigenvalue weighted by atomic mass is 9.70. The molecule has 0 radical (unpaired) electrons. The van der Waals surface area contributed by atoms with Gasteiger partial charge in [0.1, 0.15) is 16.5 Å². The van der Waals surface area contributed by atoms with Crippen LogP contribution in [0.3, 0.4) is 0 Å². The first-order chi connectivity index (χ1) is 23.7. The lowest BCUT2D eigenvalue weighted by Gasteiger charge is -2.45. The first-order valence-electron chi connectivity index (χ1n) is 18.0. The minimum Gasteiger partial charge on any atom is -0.495 e. The molecule has 1 aromatic heterocycles. The zero-order valence-electron chi connectivity index (χ0n) is 28.6. The van der Waals surface area contributed by atoms with Crippen molar-refractivity contribution < 1.29 is 17.9 Å². The molecule has 1 saturated carbocycles. The number of ether oxygens (including phenoxy) is 1. The highest BCUT2D eigenvalue weighted by molar-refractivity contribution is 7.89. The van der Waals surface area contributed by atoms with Crippen LogP contribution in [0.15, 0.2) is 77.7 Å². The normalized spacial score (nSPS) is 24.0. The Morgan fingerprint density at radius 3 is 2.31 bits per heavy atom. The fourth-order valence-corrected chi connectivity index (χ4v) is 10.6. The molecule has 258 valence electrons. The number of hydrogen-bond acceptors (Lipinski definition) is 6. The predicted octanol–water partition coefficient (Wildman–Crippen LogP) is 6.23. The summed E-state index contributed by atoms with van der Waals surface area (Å²) in [7, 11) is -2.33. The van der Waals surface area contributed by atoms with Crippen LogP contribution in [0.4, 0.5) is 0 Å². The van der Waals surface area contributed by atoms with Gasteiger partial charge in [-0.15, -0.1) is 0 Å². The number of carbonyl (C=O) groups excluding carboxylic acids is 1. The van der Waals surface area contributed by atoms with E-state index >= 15 is 0 Å². The number of nitrogens with zero attached hydrogens (tertiary/aromatic N) is 4. The van der Waals surface area contributed by atoms with E-state index in [1.165, 1.54) is 37.1 Å². The van der Waals surface area contributed by atoms with E-state index in [9.17, 15) is 13.2 Å². The summed E-state index contributed by atoms with van der Waals surface area (Å²) in [4.78, 5) is 23.5. The molecule has 1 amide bonds. The highest BCUT2D eigenvalue weighted by Gasteiger charge is 2.44. The molecule has 9 nitrogen and oxygen atoms in total. The summed E-state index contributed by atoms with van der Waals surface area (Å²) in [5.74, 6) is 1.23. The molecule has 3 aromatic carbocycles. The second kappa shape index (κ2) is 12.9. The van der Waals surface area contributed by atoms with E-state index in [1.54, 1.807) is 12.1 Å². The number of aromatic nitrogens is 2. The number of nitrogens with one attached hydrogen (secondary N) is 1. The van der Waals surface area contributed by atoms with Crippen LogP contribution in [0.5, 0.6) is 5.75 Å². The number of fused-ring (bicyclic) bond motifs is 3. The third-order valence-corrected chi connectivity index (χ3v) is 13.4. The lowest BCUT2D eigenvalue weighted by molar-refractivity contribution is 0.0606. The third-order valence-electron chi connectivity index (χ3n) is 11.8. The van der Waals surface area contributed by atoms with Crippen LogP contribution < -0.4 is 9.46 Å². The van der Waals surface area contributed by atoms with Crippen molar-refractivity contribution in [2.24, 2.45) is 0 Å². The molecule has 3 saturated heterocycles. The van der Waals surface area contributed by atoms with Gasteiger partial charge in [0.05, 0.1) is 18.1 Å². The van der Waals surface area contributed by atoms with Gasteiger partial charge in [-0.05, 0) is 113 Å². The minimum absolute atomic E-state index is 0.0198. The van der Waals surface area contributed by atoms with Crippen LogP contribution in [-0.4, -0.2) is 78.5 Å². The Morgan fingerprint density at radius 1 is 0.918 bits per heavy atom. The van der Waals surface area contributed by atoms with E-state index < -0.39 is 10.0 Å². The molecular weight excluding hydrogens is 635 g/mol. The number of piperidine rings is 2. The number of para-hydroxylation sites is 2. The standard InChI is InChI=1S/C39H47N5O4S/c1-27-40-34-10-6-7-11-35(34)44(27)33-25-31-15-16-32(26-33)43(31)23-20-39(29-8-4-3-5-9-29)18-21-42(22-19-39)38(45)28-12-17-36(48-2)37(24-28)49(46,47)41-30-13-14-30/h3-12,17,24,30-33,41H,13-16,18-23,25-26H2,1-2H3/t31-,32+,33+. The van der Waals surface area contributed by atoms with Crippen LogP contribution in [0, 0.1) is 6.92 Å². The number of amides is 1. The first-order valence-corrected chi connectivity index (χ1v) is 19.5. The number of hydrogen-bond donors (Lipinski definition) is 1. The molecule has 8 rings (SSSR count). The number of aryl methyl sites for hydroxylation is 1. The van der Waals surface area contributed by atoms with Crippen molar-refractivity contribution >= 4 is 27.0 Å². The molecule has 1 N–H and O–H groups in total. The highest BCUT2D eigenvalue weighted by Crippen LogP contribution is 2.45. The monoisotopic (exact) mass is 681 g/mol. The van der Waals surface area contributed by atoms with Crippen molar-refractivity contribution in [3.05, 3.63) is 89.7 Å². The largest absolute Gasteiger partial charge is 0.495 e. The number of rotatable bonds is 10. The van der Waals surface area contributed by atoms with Gasteiger partial charge in [-0.25, -0.2) is 18.1 Å². The molecule has 4 fully saturated rings. The van der Waals surface area contributed by atoms with E-state index in [0.717, 1.165) is 62.8 Å². The average molecular weight is 682 g/mol. The summed E-state index contributed by atoms with van der Waals surface area (Å²) in [6.07, 6.45) is 9.30.